The van der Waals surface area contributed by atoms with Gasteiger partial charge in [-0.15, -0.1) is 0 Å². The Hall–Kier alpha value is -3.26. The normalized spacial score (nSPS) is 10.8. The topological polar surface area (TPSA) is 62.9 Å². The van der Waals surface area contributed by atoms with Gasteiger partial charge in [-0.3, -0.25) is 0 Å². The Labute approximate surface area is 142 Å². The van der Waals surface area contributed by atoms with Crippen molar-refractivity contribution < 1.29 is 4.74 Å². The summed E-state index contributed by atoms with van der Waals surface area (Å²) in [5.74, 6) is 2.01. The van der Waals surface area contributed by atoms with Gasteiger partial charge in [0.1, 0.15) is 34.7 Å². The van der Waals surface area contributed by atoms with Gasteiger partial charge in [-0.25, -0.2) is 4.68 Å². The van der Waals surface area contributed by atoms with Gasteiger partial charge in [0.15, 0.2) is 0 Å². The Morgan fingerprint density at radius 3 is 2.58 bits per heavy atom. The number of benzene rings is 1. The number of nitrogens with zero attached hydrogens (tertiary/aromatic N) is 3. The predicted molar refractivity (Wildman–Crippen MR) is 96.7 cm³/mol. The monoisotopic (exact) mass is 320 g/mol. The Morgan fingerprint density at radius 2 is 2.08 bits per heavy atom. The van der Waals surface area contributed by atoms with Gasteiger partial charge in [-0.05, 0) is 43.3 Å². The van der Waals surface area contributed by atoms with Gasteiger partial charge in [-0.2, -0.15) is 10.4 Å². The molecule has 0 fully saturated rings. The fourth-order valence-electron chi connectivity index (χ4n) is 2.33. The first-order valence-electron chi connectivity index (χ1n) is 7.60. The molecule has 0 atom stereocenters. The third kappa shape index (κ3) is 3.39. The van der Waals surface area contributed by atoms with Crippen molar-refractivity contribution in [1.82, 2.24) is 9.78 Å². The Bertz CT molecular complexity index is 807. The zero-order valence-corrected chi connectivity index (χ0v) is 13.9. The number of anilines is 1. The smallest absolute Gasteiger partial charge is 0.142 e. The van der Waals surface area contributed by atoms with Crippen LogP contribution < -0.4 is 10.1 Å². The molecule has 0 bridgehead atoms. The highest BCUT2D eigenvalue weighted by Crippen LogP contribution is 2.29. The molecule has 0 saturated carbocycles. The van der Waals surface area contributed by atoms with E-state index in [1.54, 1.807) is 30.0 Å². The van der Waals surface area contributed by atoms with E-state index < -0.39 is 0 Å². The number of nitrogens with one attached hydrogen (secondary N) is 1. The van der Waals surface area contributed by atoms with Crippen molar-refractivity contribution in [3.8, 4) is 23.1 Å². The maximum absolute atomic E-state index is 9.47. The molecule has 5 nitrogen and oxygen atoms in total. The predicted octanol–water partition coefficient (Wildman–Crippen LogP) is 4.12. The summed E-state index contributed by atoms with van der Waals surface area (Å²) in [6.07, 6.45) is 4.99. The largest absolute Gasteiger partial charge is 0.457 e. The van der Waals surface area contributed by atoms with Crippen LogP contribution in [0.15, 0.2) is 61.4 Å². The number of hydrogen-bond acceptors (Lipinski definition) is 4. The van der Waals surface area contributed by atoms with E-state index in [1.807, 2.05) is 31.2 Å². The number of allylic oxidation sites excluding steroid dienone is 3. The van der Waals surface area contributed by atoms with Crippen LogP contribution in [0.25, 0.3) is 11.3 Å². The molecule has 0 aliphatic heterocycles. The molecule has 122 valence electrons. The van der Waals surface area contributed by atoms with E-state index in [-0.39, 0.29) is 0 Å². The van der Waals surface area contributed by atoms with Crippen LogP contribution in [0.4, 0.5) is 5.82 Å². The first-order chi connectivity index (χ1) is 11.7. The standard InChI is InChI=1S/C19H20N4O/c1-5-8-15(6-2)24-16-11-9-14(10-12-16)18-17(13-20)19(21-4)23(7-3)22-18/h5-6,8-12,21H,1-2,7H2,3-4H3/b15-8+. The van der Waals surface area contributed by atoms with E-state index in [0.717, 1.165) is 11.4 Å². The molecular weight excluding hydrogens is 300 g/mol. The molecule has 1 heterocycles. The second-order valence-corrected chi connectivity index (χ2v) is 4.89. The SMILES string of the molecule is C=C/C=C(\C=C)Oc1ccc(-c2nn(CC)c(NC)c2C#N)cc1. The van der Waals surface area contributed by atoms with Crippen molar-refractivity contribution >= 4 is 5.82 Å². The van der Waals surface area contributed by atoms with E-state index in [4.69, 9.17) is 4.74 Å². The summed E-state index contributed by atoms with van der Waals surface area (Å²) in [6.45, 7) is 10.0. The van der Waals surface area contributed by atoms with Gasteiger partial charge < -0.3 is 10.1 Å². The van der Waals surface area contributed by atoms with Crippen LogP contribution in [0, 0.1) is 11.3 Å². The lowest BCUT2D eigenvalue weighted by molar-refractivity contribution is 0.445. The van der Waals surface area contributed by atoms with Gasteiger partial charge in [0.2, 0.25) is 0 Å². The lowest BCUT2D eigenvalue weighted by Crippen LogP contribution is -2.03. The molecule has 24 heavy (non-hydrogen) atoms. The van der Waals surface area contributed by atoms with Gasteiger partial charge in [0.05, 0.1) is 0 Å². The first-order valence-corrected chi connectivity index (χ1v) is 7.60. The second-order valence-electron chi connectivity index (χ2n) is 4.89. The highest BCUT2D eigenvalue weighted by molar-refractivity contribution is 5.73. The second kappa shape index (κ2) is 7.84. The van der Waals surface area contributed by atoms with Crippen LogP contribution in [0.2, 0.25) is 0 Å². The number of rotatable bonds is 7. The van der Waals surface area contributed by atoms with Gasteiger partial charge in [-0.1, -0.05) is 19.2 Å². The Balaban J connectivity index is 2.37. The maximum Gasteiger partial charge on any atom is 0.142 e. The molecule has 0 aliphatic carbocycles. The fourth-order valence-corrected chi connectivity index (χ4v) is 2.33. The third-order valence-corrected chi connectivity index (χ3v) is 3.45. The van der Waals surface area contributed by atoms with Gasteiger partial charge >= 0.3 is 0 Å². The minimum Gasteiger partial charge on any atom is -0.457 e. The van der Waals surface area contributed by atoms with Crippen LogP contribution >= 0.6 is 0 Å². The molecule has 0 spiro atoms. The molecule has 0 unspecified atom stereocenters. The van der Waals surface area contributed by atoms with Gasteiger partial charge in [0.25, 0.3) is 0 Å². The summed E-state index contributed by atoms with van der Waals surface area (Å²) < 4.78 is 7.47. The van der Waals surface area contributed by atoms with Crippen molar-refractivity contribution in [2.45, 2.75) is 13.5 Å². The number of hydrogen-bond donors (Lipinski definition) is 1. The number of aromatic nitrogens is 2. The van der Waals surface area contributed by atoms with Gasteiger partial charge in [0, 0.05) is 19.2 Å². The highest BCUT2D eigenvalue weighted by atomic mass is 16.5. The summed E-state index contributed by atoms with van der Waals surface area (Å²) in [7, 11) is 1.79. The van der Waals surface area contributed by atoms with Crippen molar-refractivity contribution in [2.24, 2.45) is 0 Å². The molecule has 0 saturated heterocycles. The summed E-state index contributed by atoms with van der Waals surface area (Å²) in [5, 5.41) is 17.0. The molecule has 0 radical (unpaired) electrons. The molecule has 5 heteroatoms. The molecule has 2 rings (SSSR count). The Kier molecular flexibility index (Phi) is 5.58. The van der Waals surface area contributed by atoms with Crippen LogP contribution in [-0.4, -0.2) is 16.8 Å². The van der Waals surface area contributed by atoms with E-state index in [2.05, 4.69) is 29.6 Å². The van der Waals surface area contributed by atoms with Crippen molar-refractivity contribution in [3.05, 3.63) is 67.0 Å². The minimum atomic E-state index is 0.534. The van der Waals surface area contributed by atoms with Crippen LogP contribution in [0.5, 0.6) is 5.75 Å². The maximum atomic E-state index is 9.47. The summed E-state index contributed by atoms with van der Waals surface area (Å²) in [4.78, 5) is 0. The molecule has 1 aromatic carbocycles. The third-order valence-electron chi connectivity index (χ3n) is 3.45. The Morgan fingerprint density at radius 1 is 1.38 bits per heavy atom. The molecule has 0 amide bonds. The summed E-state index contributed by atoms with van der Waals surface area (Å²) in [6, 6.07) is 9.66. The van der Waals surface area contributed by atoms with E-state index in [1.165, 1.54) is 0 Å². The van der Waals surface area contributed by atoms with E-state index in [0.29, 0.717) is 29.3 Å². The summed E-state index contributed by atoms with van der Waals surface area (Å²) in [5.41, 5.74) is 2.04. The fraction of sp³-hybridized carbons (Fsp3) is 0.158. The molecule has 1 aromatic heterocycles. The number of aryl methyl sites for hydroxylation is 1. The zero-order valence-electron chi connectivity index (χ0n) is 13.9. The lowest BCUT2D eigenvalue weighted by atomic mass is 10.1. The van der Waals surface area contributed by atoms with E-state index in [9.17, 15) is 5.26 Å². The number of nitriles is 1. The minimum absolute atomic E-state index is 0.534. The molecule has 0 aliphatic rings. The lowest BCUT2D eigenvalue weighted by Gasteiger charge is -2.06. The average Bonchev–Trinajstić information content (AvgIpc) is 2.99. The number of ether oxygens (including phenoxy) is 1. The van der Waals surface area contributed by atoms with Crippen molar-refractivity contribution in [3.63, 3.8) is 0 Å². The average molecular weight is 320 g/mol. The quantitative estimate of drug-likeness (QED) is 0.616. The first kappa shape index (κ1) is 17.1. The molecule has 2 aromatic rings. The van der Waals surface area contributed by atoms with E-state index >= 15 is 0 Å². The van der Waals surface area contributed by atoms with Crippen LogP contribution in [-0.2, 0) is 6.54 Å². The zero-order chi connectivity index (χ0) is 17.5. The van der Waals surface area contributed by atoms with Crippen LogP contribution in [0.3, 0.4) is 0 Å². The van der Waals surface area contributed by atoms with Crippen molar-refractivity contribution in [1.29, 1.82) is 5.26 Å². The summed E-state index contributed by atoms with van der Waals surface area (Å²) >= 11 is 0. The molecule has 1 N–H and O–H groups in total. The van der Waals surface area contributed by atoms with Crippen molar-refractivity contribution in [2.75, 3.05) is 12.4 Å². The molecular formula is C19H20N4O. The van der Waals surface area contributed by atoms with Crippen LogP contribution in [0.1, 0.15) is 12.5 Å². The highest BCUT2D eigenvalue weighted by Gasteiger charge is 2.17.